The second-order valence-electron chi connectivity index (χ2n) is 5.55. The van der Waals surface area contributed by atoms with Gasteiger partial charge in [-0.25, -0.2) is 0 Å². The smallest absolute Gasteiger partial charge is 0.0176 e. The van der Waals surface area contributed by atoms with Gasteiger partial charge in [-0.2, -0.15) is 0 Å². The Morgan fingerprint density at radius 1 is 1.06 bits per heavy atom. The predicted octanol–water partition coefficient (Wildman–Crippen LogP) is 1.82. The molecule has 2 aliphatic rings. The van der Waals surface area contributed by atoms with E-state index in [2.05, 4.69) is 29.2 Å². The van der Waals surface area contributed by atoms with Crippen molar-refractivity contribution in [2.75, 3.05) is 19.6 Å². The Kier molecular flexibility index (Phi) is 3.17. The molecule has 2 N–H and O–H groups in total. The van der Waals surface area contributed by atoms with Crippen LogP contribution in [0.4, 0.5) is 0 Å². The first-order valence-electron chi connectivity index (χ1n) is 6.87. The zero-order valence-corrected chi connectivity index (χ0v) is 10.4. The quantitative estimate of drug-likeness (QED) is 0.840. The summed E-state index contributed by atoms with van der Waals surface area (Å²) >= 11 is 0. The van der Waals surface area contributed by atoms with E-state index in [1.807, 2.05) is 0 Å². The van der Waals surface area contributed by atoms with Gasteiger partial charge in [-0.15, -0.1) is 0 Å². The van der Waals surface area contributed by atoms with Gasteiger partial charge < -0.3 is 5.73 Å². The van der Waals surface area contributed by atoms with Crippen molar-refractivity contribution in [1.82, 2.24) is 4.90 Å². The van der Waals surface area contributed by atoms with Crippen molar-refractivity contribution in [2.45, 2.75) is 31.7 Å². The van der Waals surface area contributed by atoms with E-state index < -0.39 is 0 Å². The van der Waals surface area contributed by atoms with Gasteiger partial charge in [0.05, 0.1) is 0 Å². The van der Waals surface area contributed by atoms with Crippen LogP contribution in [0.5, 0.6) is 0 Å². The largest absolute Gasteiger partial charge is 0.330 e. The number of nitrogens with zero attached hydrogens (tertiary/aromatic N) is 1. The second kappa shape index (κ2) is 4.79. The molecule has 17 heavy (non-hydrogen) atoms. The van der Waals surface area contributed by atoms with Crippen LogP contribution in [-0.4, -0.2) is 30.6 Å². The molecule has 1 aromatic carbocycles. The Bertz CT molecular complexity index is 355. The minimum atomic E-state index is 0.756. The van der Waals surface area contributed by atoms with Crippen LogP contribution in [0, 0.1) is 5.92 Å². The van der Waals surface area contributed by atoms with Crippen LogP contribution in [0.2, 0.25) is 0 Å². The topological polar surface area (TPSA) is 29.3 Å². The third-order valence-electron chi connectivity index (χ3n) is 4.53. The maximum Gasteiger partial charge on any atom is 0.0176 e. The summed E-state index contributed by atoms with van der Waals surface area (Å²) in [7, 11) is 0. The highest BCUT2D eigenvalue weighted by Gasteiger charge is 2.29. The zero-order valence-electron chi connectivity index (χ0n) is 10.4. The maximum atomic E-state index is 5.75. The summed E-state index contributed by atoms with van der Waals surface area (Å²) in [5, 5.41) is 0. The minimum absolute atomic E-state index is 0.756. The van der Waals surface area contributed by atoms with E-state index in [1.165, 1.54) is 38.8 Å². The Labute approximate surface area is 104 Å². The molecule has 2 heteroatoms. The van der Waals surface area contributed by atoms with E-state index in [9.17, 15) is 0 Å². The molecule has 1 heterocycles. The van der Waals surface area contributed by atoms with Crippen molar-refractivity contribution in [3.63, 3.8) is 0 Å². The highest BCUT2D eigenvalue weighted by molar-refractivity contribution is 5.33. The van der Waals surface area contributed by atoms with Gasteiger partial charge in [-0.05, 0) is 62.4 Å². The Balaban J connectivity index is 1.62. The number of hydrogen-bond acceptors (Lipinski definition) is 2. The van der Waals surface area contributed by atoms with Crippen LogP contribution in [0.25, 0.3) is 0 Å². The molecule has 0 atom stereocenters. The van der Waals surface area contributed by atoms with E-state index in [0.717, 1.165) is 18.5 Å². The molecule has 2 nitrogen and oxygen atoms in total. The summed E-state index contributed by atoms with van der Waals surface area (Å²) < 4.78 is 0. The van der Waals surface area contributed by atoms with Crippen LogP contribution in [0.1, 0.15) is 24.0 Å². The number of fused-ring (bicyclic) bond motifs is 1. The molecule has 1 saturated heterocycles. The molecule has 1 fully saturated rings. The number of hydrogen-bond donors (Lipinski definition) is 1. The van der Waals surface area contributed by atoms with Crippen LogP contribution < -0.4 is 5.73 Å². The third kappa shape index (κ3) is 2.24. The van der Waals surface area contributed by atoms with Crippen LogP contribution >= 0.6 is 0 Å². The van der Waals surface area contributed by atoms with E-state index in [4.69, 9.17) is 5.73 Å². The Hall–Kier alpha value is -0.860. The van der Waals surface area contributed by atoms with Crippen LogP contribution in [0.3, 0.4) is 0 Å². The Morgan fingerprint density at radius 3 is 2.18 bits per heavy atom. The van der Waals surface area contributed by atoms with Gasteiger partial charge in [0, 0.05) is 6.04 Å². The van der Waals surface area contributed by atoms with Crippen molar-refractivity contribution in [3.8, 4) is 0 Å². The summed E-state index contributed by atoms with van der Waals surface area (Å²) in [6, 6.07) is 9.68. The van der Waals surface area contributed by atoms with Crippen molar-refractivity contribution in [3.05, 3.63) is 35.4 Å². The van der Waals surface area contributed by atoms with E-state index >= 15 is 0 Å². The molecule has 1 aromatic rings. The number of piperidine rings is 1. The number of nitrogens with two attached hydrogens (primary N) is 1. The van der Waals surface area contributed by atoms with Crippen molar-refractivity contribution >= 4 is 0 Å². The fourth-order valence-corrected chi connectivity index (χ4v) is 3.35. The van der Waals surface area contributed by atoms with Crippen LogP contribution in [-0.2, 0) is 12.8 Å². The zero-order chi connectivity index (χ0) is 11.7. The summed E-state index contributed by atoms with van der Waals surface area (Å²) in [6.07, 6.45) is 5.10. The van der Waals surface area contributed by atoms with Gasteiger partial charge in [0.2, 0.25) is 0 Å². The van der Waals surface area contributed by atoms with E-state index in [-0.39, 0.29) is 0 Å². The fraction of sp³-hybridized carbons (Fsp3) is 0.600. The fourth-order valence-electron chi connectivity index (χ4n) is 3.35. The van der Waals surface area contributed by atoms with E-state index in [1.54, 1.807) is 11.1 Å². The summed E-state index contributed by atoms with van der Waals surface area (Å²) in [5.41, 5.74) is 8.89. The normalized spacial score (nSPS) is 22.9. The lowest BCUT2D eigenvalue weighted by Crippen LogP contribution is -2.43. The predicted molar refractivity (Wildman–Crippen MR) is 71.0 cm³/mol. The molecular weight excluding hydrogens is 208 g/mol. The molecule has 3 rings (SSSR count). The van der Waals surface area contributed by atoms with Gasteiger partial charge in [0.1, 0.15) is 0 Å². The van der Waals surface area contributed by atoms with Gasteiger partial charge in [0.25, 0.3) is 0 Å². The summed E-state index contributed by atoms with van der Waals surface area (Å²) in [5.74, 6) is 0.773. The SMILES string of the molecule is NCC1CCN(C2Cc3ccccc3C2)CC1. The van der Waals surface area contributed by atoms with Crippen molar-refractivity contribution in [2.24, 2.45) is 11.7 Å². The number of likely N-dealkylation sites (tertiary alicyclic amines) is 1. The lowest BCUT2D eigenvalue weighted by atomic mass is 9.95. The summed E-state index contributed by atoms with van der Waals surface area (Å²) in [6.45, 7) is 3.37. The van der Waals surface area contributed by atoms with E-state index in [0.29, 0.717) is 0 Å². The molecule has 0 saturated carbocycles. The molecule has 0 radical (unpaired) electrons. The number of benzene rings is 1. The molecule has 0 amide bonds. The lowest BCUT2D eigenvalue weighted by Gasteiger charge is -2.35. The van der Waals surface area contributed by atoms with Gasteiger partial charge in [0.15, 0.2) is 0 Å². The standard InChI is InChI=1S/C15H22N2/c16-11-12-5-7-17(8-6-12)15-9-13-3-1-2-4-14(13)10-15/h1-4,12,15H,5-11,16H2. The first-order chi connectivity index (χ1) is 8.36. The molecule has 0 unspecified atom stereocenters. The second-order valence-corrected chi connectivity index (χ2v) is 5.55. The average Bonchev–Trinajstić information content (AvgIpc) is 2.82. The van der Waals surface area contributed by atoms with Crippen LogP contribution in [0.15, 0.2) is 24.3 Å². The molecular formula is C15H22N2. The van der Waals surface area contributed by atoms with Gasteiger partial charge in [-0.3, -0.25) is 4.90 Å². The molecule has 1 aliphatic carbocycles. The first-order valence-corrected chi connectivity index (χ1v) is 6.87. The minimum Gasteiger partial charge on any atom is -0.330 e. The maximum absolute atomic E-state index is 5.75. The molecule has 0 bridgehead atoms. The molecule has 0 aromatic heterocycles. The molecule has 92 valence electrons. The molecule has 1 aliphatic heterocycles. The molecule has 0 spiro atoms. The summed E-state index contributed by atoms with van der Waals surface area (Å²) in [4.78, 5) is 2.69. The van der Waals surface area contributed by atoms with Gasteiger partial charge in [-0.1, -0.05) is 24.3 Å². The lowest BCUT2D eigenvalue weighted by molar-refractivity contribution is 0.138. The Morgan fingerprint density at radius 2 is 1.65 bits per heavy atom. The number of rotatable bonds is 2. The third-order valence-corrected chi connectivity index (χ3v) is 4.53. The highest BCUT2D eigenvalue weighted by atomic mass is 15.2. The first kappa shape index (κ1) is 11.2. The average molecular weight is 230 g/mol. The van der Waals surface area contributed by atoms with Crippen molar-refractivity contribution < 1.29 is 0 Å². The highest BCUT2D eigenvalue weighted by Crippen LogP contribution is 2.28. The van der Waals surface area contributed by atoms with Gasteiger partial charge >= 0.3 is 0 Å². The van der Waals surface area contributed by atoms with Crippen molar-refractivity contribution in [1.29, 1.82) is 0 Å². The monoisotopic (exact) mass is 230 g/mol.